The van der Waals surface area contributed by atoms with E-state index >= 15 is 0 Å². The molecule has 0 saturated heterocycles. The lowest BCUT2D eigenvalue weighted by Gasteiger charge is -2.17. The summed E-state index contributed by atoms with van der Waals surface area (Å²) in [6.45, 7) is 2.02. The van der Waals surface area contributed by atoms with Gasteiger partial charge in [-0.1, -0.05) is 30.3 Å². The van der Waals surface area contributed by atoms with Crippen LogP contribution in [0.1, 0.15) is 0 Å². The van der Waals surface area contributed by atoms with Crippen LogP contribution in [0.25, 0.3) is 0 Å². The summed E-state index contributed by atoms with van der Waals surface area (Å²) in [4.78, 5) is 0. The van der Waals surface area contributed by atoms with Gasteiger partial charge in [0.25, 0.3) is 0 Å². The third-order valence-corrected chi connectivity index (χ3v) is 13.3. The first-order valence-electron chi connectivity index (χ1n) is 3.37. The lowest BCUT2D eigenvalue weighted by atomic mass is 10.4. The third kappa shape index (κ3) is 2.90. The maximum atomic E-state index is 5.92. The van der Waals surface area contributed by atoms with Crippen LogP contribution in [0.4, 0.5) is 0 Å². The molecule has 0 spiro atoms. The normalized spacial score (nSPS) is 14.3. The number of hydrogen-bond donors (Lipinski definition) is 0. The van der Waals surface area contributed by atoms with Gasteiger partial charge in [0.05, 0.1) is 0 Å². The fraction of sp³-hybridized carbons (Fsp3) is 0.143. The lowest BCUT2D eigenvalue weighted by molar-refractivity contribution is 1.77. The zero-order valence-corrected chi connectivity index (χ0v) is 10.6. The van der Waals surface area contributed by atoms with Gasteiger partial charge in [-0.05, 0) is 19.4 Å². The zero-order valence-electron chi connectivity index (χ0n) is 6.47. The van der Waals surface area contributed by atoms with Crippen LogP contribution in [-0.4, -0.2) is 12.3 Å². The van der Waals surface area contributed by atoms with Crippen molar-refractivity contribution in [3.05, 3.63) is 30.3 Å². The van der Waals surface area contributed by atoms with E-state index in [1.54, 1.807) is 0 Å². The van der Waals surface area contributed by atoms with Crippen LogP contribution >= 0.6 is 40.7 Å². The van der Waals surface area contributed by atoms with Crippen LogP contribution in [0.15, 0.2) is 30.3 Å². The second-order valence-electron chi connectivity index (χ2n) is 2.36. The average Bonchev–Trinajstić information content (AvgIpc) is 2.03. The summed E-state index contributed by atoms with van der Waals surface area (Å²) in [6, 6.07) is 9.94. The van der Waals surface area contributed by atoms with E-state index in [2.05, 4.69) is 0 Å². The van der Waals surface area contributed by atoms with Crippen molar-refractivity contribution in [1.29, 1.82) is 0 Å². The highest BCUT2D eigenvalue weighted by Crippen LogP contribution is 2.49. The number of rotatable bonds is 2. The minimum Gasteiger partial charge on any atom is -0.121 e. The fourth-order valence-electron chi connectivity index (χ4n) is 0.798. The molecule has 0 fully saturated rings. The van der Waals surface area contributed by atoms with Crippen molar-refractivity contribution in [2.75, 3.05) is 6.66 Å². The van der Waals surface area contributed by atoms with Crippen LogP contribution in [0.5, 0.6) is 0 Å². The second-order valence-corrected chi connectivity index (χ2v) is 18.2. The molecular formula is C7H8Cl3PSi. The highest BCUT2D eigenvalue weighted by molar-refractivity contribution is 8.21. The quantitative estimate of drug-likeness (QED) is 0.432. The van der Waals surface area contributed by atoms with Gasteiger partial charge in [0.2, 0.25) is 0 Å². The molecule has 0 heterocycles. The van der Waals surface area contributed by atoms with Gasteiger partial charge in [0.15, 0.2) is 0 Å². The Labute approximate surface area is 88.6 Å². The Bertz CT molecular complexity index is 247. The Morgan fingerprint density at radius 2 is 1.58 bits per heavy atom. The third-order valence-electron chi connectivity index (χ3n) is 1.52. The topological polar surface area (TPSA) is 0 Å². The van der Waals surface area contributed by atoms with Crippen molar-refractivity contribution in [1.82, 2.24) is 0 Å². The number of halogens is 3. The minimum atomic E-state index is -2.52. The van der Waals surface area contributed by atoms with E-state index < -0.39 is 13.1 Å². The van der Waals surface area contributed by atoms with Crippen LogP contribution in [0.3, 0.4) is 0 Å². The van der Waals surface area contributed by atoms with Crippen molar-refractivity contribution in [2.45, 2.75) is 0 Å². The Balaban J connectivity index is 2.86. The maximum Gasteiger partial charge on any atom is 0.369 e. The van der Waals surface area contributed by atoms with Gasteiger partial charge in [-0.3, -0.25) is 0 Å². The summed E-state index contributed by atoms with van der Waals surface area (Å²) in [5, 5.41) is 1.17. The molecule has 1 rings (SSSR count). The first-order valence-corrected chi connectivity index (χ1v) is 11.0. The highest BCUT2D eigenvalue weighted by Gasteiger charge is 2.33. The fourth-order valence-corrected chi connectivity index (χ4v) is 5.67. The van der Waals surface area contributed by atoms with Crippen molar-refractivity contribution < 1.29 is 0 Å². The van der Waals surface area contributed by atoms with Crippen molar-refractivity contribution in [3.8, 4) is 0 Å². The van der Waals surface area contributed by atoms with E-state index in [1.165, 1.54) is 5.30 Å². The summed E-state index contributed by atoms with van der Waals surface area (Å²) < 4.78 is 0. The Kier molecular flexibility index (Phi) is 3.88. The molecule has 0 aromatic heterocycles. The van der Waals surface area contributed by atoms with Gasteiger partial charge in [-0.15, -0.1) is 33.2 Å². The lowest BCUT2D eigenvalue weighted by Crippen LogP contribution is -2.15. The zero-order chi connectivity index (χ0) is 9.19. The molecule has 66 valence electrons. The van der Waals surface area contributed by atoms with Crippen LogP contribution in [0, 0.1) is 0 Å². The van der Waals surface area contributed by atoms with Gasteiger partial charge >= 0.3 is 5.67 Å². The van der Waals surface area contributed by atoms with Crippen molar-refractivity contribution in [3.63, 3.8) is 0 Å². The van der Waals surface area contributed by atoms with Gasteiger partial charge in [0.1, 0.15) is 0 Å². The molecule has 0 bridgehead atoms. The molecule has 0 aliphatic rings. The summed E-state index contributed by atoms with van der Waals surface area (Å²) >= 11 is 17.8. The molecule has 12 heavy (non-hydrogen) atoms. The smallest absolute Gasteiger partial charge is 0.121 e. The summed E-state index contributed by atoms with van der Waals surface area (Å²) in [5.74, 6) is 0. The molecule has 0 radical (unpaired) electrons. The summed E-state index contributed by atoms with van der Waals surface area (Å²) in [7, 11) is -0.582. The average molecular weight is 258 g/mol. The second kappa shape index (κ2) is 4.30. The summed E-state index contributed by atoms with van der Waals surface area (Å²) in [5.41, 5.74) is -2.52. The Hall–Kier alpha value is 0.737. The van der Waals surface area contributed by atoms with E-state index in [1.807, 2.05) is 37.0 Å². The molecular weight excluding hydrogens is 249 g/mol. The molecule has 1 aromatic carbocycles. The number of hydrogen-bond acceptors (Lipinski definition) is 0. The van der Waals surface area contributed by atoms with E-state index in [4.69, 9.17) is 33.2 Å². The predicted molar refractivity (Wildman–Crippen MR) is 62.2 cm³/mol. The monoisotopic (exact) mass is 256 g/mol. The molecule has 1 aromatic rings. The number of benzene rings is 1. The van der Waals surface area contributed by atoms with E-state index in [0.29, 0.717) is 0 Å². The first-order chi connectivity index (χ1) is 5.52. The van der Waals surface area contributed by atoms with Crippen molar-refractivity contribution >= 4 is 51.7 Å². The Morgan fingerprint density at radius 3 is 2.00 bits per heavy atom. The Morgan fingerprint density at radius 1 is 1.08 bits per heavy atom. The molecule has 0 saturated carbocycles. The van der Waals surface area contributed by atoms with Gasteiger partial charge in [-0.2, -0.15) is 0 Å². The minimum absolute atomic E-state index is 0.582. The predicted octanol–water partition coefficient (Wildman–Crippen LogP) is 3.58. The van der Waals surface area contributed by atoms with Crippen LogP contribution < -0.4 is 5.30 Å². The molecule has 1 atom stereocenters. The highest BCUT2D eigenvalue weighted by atomic mass is 35.9. The molecule has 0 N–H and O–H groups in total. The van der Waals surface area contributed by atoms with E-state index in [9.17, 15) is 0 Å². The molecule has 0 nitrogen and oxygen atoms in total. The standard InChI is InChI=1S/C7H8Cl3PSi/c1-11(12(8,9)10)7-5-3-2-4-6-7/h2-6H,1H3. The maximum absolute atomic E-state index is 5.92. The summed E-state index contributed by atoms with van der Waals surface area (Å²) in [6.07, 6.45) is 0. The van der Waals surface area contributed by atoms with E-state index in [0.717, 1.165) is 0 Å². The molecule has 1 unspecified atom stereocenters. The first kappa shape index (κ1) is 10.8. The molecule has 5 heteroatoms. The molecule has 0 aliphatic heterocycles. The molecule has 0 aliphatic carbocycles. The molecule has 0 amide bonds. The van der Waals surface area contributed by atoms with Crippen molar-refractivity contribution in [2.24, 2.45) is 0 Å². The van der Waals surface area contributed by atoms with Crippen LogP contribution in [-0.2, 0) is 0 Å². The largest absolute Gasteiger partial charge is 0.369 e. The van der Waals surface area contributed by atoms with Gasteiger partial charge in [-0.25, -0.2) is 0 Å². The SMILES string of the molecule is CP(c1ccccc1)[Si](Cl)(Cl)Cl. The van der Waals surface area contributed by atoms with E-state index in [-0.39, 0.29) is 0 Å². The van der Waals surface area contributed by atoms with Crippen LogP contribution in [0.2, 0.25) is 0 Å². The van der Waals surface area contributed by atoms with Gasteiger partial charge < -0.3 is 0 Å². The van der Waals surface area contributed by atoms with Gasteiger partial charge in [0, 0.05) is 0 Å².